The molecule has 1 aromatic rings. The highest BCUT2D eigenvalue weighted by Gasteiger charge is 2.39. The van der Waals surface area contributed by atoms with Crippen LogP contribution in [-0.4, -0.2) is 49.6 Å². The monoisotopic (exact) mass is 326 g/mol. The second-order valence-corrected chi connectivity index (χ2v) is 7.75. The third-order valence-electron chi connectivity index (χ3n) is 5.15. The molecule has 0 spiro atoms. The number of hydrogen-bond acceptors (Lipinski definition) is 4. The van der Waals surface area contributed by atoms with Crippen molar-refractivity contribution in [1.29, 1.82) is 5.26 Å². The lowest BCUT2D eigenvalue weighted by Gasteiger charge is -2.32. The number of nitrogens with zero attached hydrogens (tertiary/aromatic N) is 3. The van der Waals surface area contributed by atoms with E-state index in [0.717, 1.165) is 30.9 Å². The van der Waals surface area contributed by atoms with Gasteiger partial charge >= 0.3 is 0 Å². The average molecular weight is 326 g/mol. The molecular weight excluding hydrogens is 300 g/mol. The molecule has 0 aliphatic carbocycles. The molecule has 5 heteroatoms. The Kier molecular flexibility index (Phi) is 4.37. The predicted molar refractivity (Wildman–Crippen MR) is 95.2 cm³/mol. The Balaban J connectivity index is 1.85. The molecule has 1 unspecified atom stereocenters. The number of aryl methyl sites for hydroxylation is 1. The van der Waals surface area contributed by atoms with E-state index in [1.807, 2.05) is 17.9 Å². The number of nitriles is 1. The zero-order valence-electron chi connectivity index (χ0n) is 15.0. The van der Waals surface area contributed by atoms with E-state index in [2.05, 4.69) is 43.1 Å². The summed E-state index contributed by atoms with van der Waals surface area (Å²) in [5.41, 5.74) is 3.63. The molecule has 24 heavy (non-hydrogen) atoms. The van der Waals surface area contributed by atoms with Gasteiger partial charge in [0.25, 0.3) is 0 Å². The number of anilines is 1. The summed E-state index contributed by atoms with van der Waals surface area (Å²) in [5.74, 6) is 0.128. The molecule has 0 radical (unpaired) electrons. The Hall–Kier alpha value is -1.90. The van der Waals surface area contributed by atoms with E-state index in [4.69, 9.17) is 0 Å². The molecule has 2 heterocycles. The molecule has 3 rings (SSSR count). The highest BCUT2D eigenvalue weighted by atomic mass is 16.2. The van der Waals surface area contributed by atoms with Crippen molar-refractivity contribution in [2.24, 2.45) is 0 Å². The van der Waals surface area contributed by atoms with Crippen LogP contribution in [0.1, 0.15) is 37.5 Å². The maximum atomic E-state index is 12.9. The molecule has 1 fully saturated rings. The van der Waals surface area contributed by atoms with Crippen molar-refractivity contribution in [3.63, 3.8) is 0 Å². The van der Waals surface area contributed by atoms with Crippen LogP contribution in [0.15, 0.2) is 12.1 Å². The van der Waals surface area contributed by atoms with Crippen LogP contribution >= 0.6 is 0 Å². The van der Waals surface area contributed by atoms with E-state index in [-0.39, 0.29) is 11.3 Å². The Morgan fingerprint density at radius 3 is 2.88 bits per heavy atom. The largest absolute Gasteiger partial charge is 0.312 e. The minimum Gasteiger partial charge on any atom is -0.312 e. The first-order chi connectivity index (χ1) is 11.3. The quantitative estimate of drug-likeness (QED) is 0.900. The van der Waals surface area contributed by atoms with Crippen LogP contribution in [-0.2, 0) is 10.2 Å². The van der Waals surface area contributed by atoms with Crippen molar-refractivity contribution in [1.82, 2.24) is 10.2 Å². The van der Waals surface area contributed by atoms with Gasteiger partial charge in [-0.15, -0.1) is 0 Å². The lowest BCUT2D eigenvalue weighted by Crippen LogP contribution is -2.52. The van der Waals surface area contributed by atoms with Crippen molar-refractivity contribution in [3.8, 4) is 6.07 Å². The van der Waals surface area contributed by atoms with Crippen LogP contribution in [0.5, 0.6) is 0 Å². The number of benzene rings is 1. The van der Waals surface area contributed by atoms with Gasteiger partial charge in [0.05, 0.1) is 18.2 Å². The maximum Gasteiger partial charge on any atom is 0.241 e. The van der Waals surface area contributed by atoms with Crippen LogP contribution in [0, 0.1) is 18.3 Å². The molecule has 1 atom stereocenters. The molecular formula is C19H26N4O. The third kappa shape index (κ3) is 3.04. The van der Waals surface area contributed by atoms with Gasteiger partial charge in [-0.05, 0) is 31.0 Å². The van der Waals surface area contributed by atoms with E-state index < -0.39 is 0 Å². The van der Waals surface area contributed by atoms with Gasteiger partial charge in [0, 0.05) is 43.3 Å². The van der Waals surface area contributed by atoms with Gasteiger partial charge in [-0.2, -0.15) is 5.26 Å². The fraction of sp³-hybridized carbons (Fsp3) is 0.579. The van der Waals surface area contributed by atoms with Crippen molar-refractivity contribution >= 4 is 11.6 Å². The van der Waals surface area contributed by atoms with Gasteiger partial charge in [0.15, 0.2) is 0 Å². The lowest BCUT2D eigenvalue weighted by molar-refractivity contribution is -0.120. The predicted octanol–water partition coefficient (Wildman–Crippen LogP) is 1.78. The molecule has 1 amide bonds. The van der Waals surface area contributed by atoms with Gasteiger partial charge in [0.1, 0.15) is 0 Å². The van der Waals surface area contributed by atoms with E-state index in [0.29, 0.717) is 24.7 Å². The fourth-order valence-corrected chi connectivity index (χ4v) is 3.80. The summed E-state index contributed by atoms with van der Waals surface area (Å²) in [6, 6.07) is 6.62. The van der Waals surface area contributed by atoms with Gasteiger partial charge in [-0.1, -0.05) is 19.9 Å². The van der Waals surface area contributed by atoms with Crippen LogP contribution in [0.2, 0.25) is 0 Å². The summed E-state index contributed by atoms with van der Waals surface area (Å²) in [4.78, 5) is 17.0. The normalized spacial score (nSPS) is 23.0. The number of carbonyl (C=O) groups excluding carboxylic acids is 1. The third-order valence-corrected chi connectivity index (χ3v) is 5.15. The first-order valence-electron chi connectivity index (χ1n) is 8.63. The molecule has 1 N–H and O–H groups in total. The van der Waals surface area contributed by atoms with Crippen molar-refractivity contribution in [2.45, 2.75) is 39.2 Å². The first kappa shape index (κ1) is 16.9. The minimum atomic E-state index is -0.0829. The lowest BCUT2D eigenvalue weighted by atomic mass is 9.85. The summed E-state index contributed by atoms with van der Waals surface area (Å²) >= 11 is 0. The van der Waals surface area contributed by atoms with Crippen molar-refractivity contribution < 1.29 is 4.79 Å². The Bertz CT molecular complexity index is 704. The first-order valence-corrected chi connectivity index (χ1v) is 8.63. The SMILES string of the molecule is Cc1cc2c(cc1C#N)N(C(=O)CN1CCNC(C)C1)CC2(C)C. The topological polar surface area (TPSA) is 59.4 Å². The highest BCUT2D eigenvalue weighted by Crippen LogP contribution is 2.41. The summed E-state index contributed by atoms with van der Waals surface area (Å²) in [7, 11) is 0. The Morgan fingerprint density at radius 2 is 2.21 bits per heavy atom. The fourth-order valence-electron chi connectivity index (χ4n) is 3.80. The van der Waals surface area contributed by atoms with Crippen LogP contribution in [0.3, 0.4) is 0 Å². The molecule has 2 aliphatic heterocycles. The van der Waals surface area contributed by atoms with Crippen LogP contribution in [0.25, 0.3) is 0 Å². The molecule has 1 aromatic carbocycles. The summed E-state index contributed by atoms with van der Waals surface area (Å²) < 4.78 is 0. The summed E-state index contributed by atoms with van der Waals surface area (Å²) in [6.07, 6.45) is 0. The number of amides is 1. The number of fused-ring (bicyclic) bond motifs is 1. The molecule has 5 nitrogen and oxygen atoms in total. The second kappa shape index (κ2) is 6.19. The number of piperazine rings is 1. The number of carbonyl (C=O) groups is 1. The van der Waals surface area contributed by atoms with E-state index in [9.17, 15) is 10.1 Å². The van der Waals surface area contributed by atoms with Gasteiger partial charge in [-0.3, -0.25) is 9.69 Å². The minimum absolute atomic E-state index is 0.0829. The molecule has 2 aliphatic rings. The summed E-state index contributed by atoms with van der Waals surface area (Å²) in [5, 5.41) is 12.7. The van der Waals surface area contributed by atoms with Crippen molar-refractivity contribution in [3.05, 3.63) is 28.8 Å². The van der Waals surface area contributed by atoms with Gasteiger partial charge in [-0.25, -0.2) is 0 Å². The average Bonchev–Trinajstić information content (AvgIpc) is 2.78. The Labute approximate surface area is 144 Å². The van der Waals surface area contributed by atoms with Crippen LogP contribution < -0.4 is 10.2 Å². The zero-order chi connectivity index (χ0) is 17.5. The molecule has 128 valence electrons. The summed E-state index contributed by atoms with van der Waals surface area (Å²) in [6.45, 7) is 12.3. The maximum absolute atomic E-state index is 12.9. The number of nitrogens with one attached hydrogen (secondary N) is 1. The second-order valence-electron chi connectivity index (χ2n) is 7.75. The smallest absolute Gasteiger partial charge is 0.241 e. The molecule has 1 saturated heterocycles. The Morgan fingerprint density at radius 1 is 1.46 bits per heavy atom. The molecule has 0 saturated carbocycles. The van der Waals surface area contributed by atoms with Crippen molar-refractivity contribution in [2.75, 3.05) is 37.6 Å². The van der Waals surface area contributed by atoms with E-state index in [1.54, 1.807) is 0 Å². The highest BCUT2D eigenvalue weighted by molar-refractivity contribution is 5.98. The van der Waals surface area contributed by atoms with Crippen LogP contribution in [0.4, 0.5) is 5.69 Å². The standard InChI is InChI=1S/C19H26N4O/c1-13-7-16-17(8-15(13)9-20)23(12-19(16,3)4)18(24)11-22-6-5-21-14(2)10-22/h7-8,14,21H,5-6,10-12H2,1-4H3. The van der Waals surface area contributed by atoms with E-state index in [1.165, 1.54) is 5.56 Å². The molecule has 0 aromatic heterocycles. The number of hydrogen-bond donors (Lipinski definition) is 1. The number of rotatable bonds is 2. The zero-order valence-corrected chi connectivity index (χ0v) is 15.0. The van der Waals surface area contributed by atoms with E-state index >= 15 is 0 Å². The van der Waals surface area contributed by atoms with Gasteiger partial charge < -0.3 is 10.2 Å². The molecule has 0 bridgehead atoms. The van der Waals surface area contributed by atoms with Gasteiger partial charge in [0.2, 0.25) is 5.91 Å².